The van der Waals surface area contributed by atoms with Crippen LogP contribution in [0.1, 0.15) is 32.2 Å². The molecule has 2 aromatic carbocycles. The molecule has 0 unspecified atom stereocenters. The number of aromatic nitrogens is 2. The maximum absolute atomic E-state index is 15.2. The molecule has 1 aliphatic rings. The van der Waals surface area contributed by atoms with Crippen molar-refractivity contribution >= 4 is 21.4 Å². The standard InChI is InChI=1S/C24H24F4N4O5S/c1-23(2,3)22-31-30-20(37-22)15-8-18-19(9-16(15)25)38(34,35)11-17(29)21(33)32(18)10-13-4-6-14(7-5-13)36-12-24(26,27)28/h4-9,17H,10-12,29H2,1-3H3/t17-/m0/s1. The van der Waals surface area contributed by atoms with Crippen molar-refractivity contribution in [2.75, 3.05) is 17.3 Å². The number of hydrogen-bond acceptors (Lipinski definition) is 8. The lowest BCUT2D eigenvalue weighted by Gasteiger charge is -2.24. The van der Waals surface area contributed by atoms with E-state index in [1.54, 1.807) is 0 Å². The third-order valence-corrected chi connectivity index (χ3v) is 7.42. The van der Waals surface area contributed by atoms with Crippen molar-refractivity contribution in [3.05, 3.63) is 53.7 Å². The fourth-order valence-corrected chi connectivity index (χ4v) is 5.29. The molecule has 1 aromatic heterocycles. The Hall–Kier alpha value is -3.52. The molecule has 0 spiro atoms. The van der Waals surface area contributed by atoms with E-state index in [4.69, 9.17) is 14.9 Å². The number of carbonyl (C=O) groups excluding carboxylic acids is 1. The number of benzene rings is 2. The van der Waals surface area contributed by atoms with Crippen LogP contribution in [0.3, 0.4) is 0 Å². The summed E-state index contributed by atoms with van der Waals surface area (Å²) in [6, 6.07) is 5.88. The Labute approximate surface area is 215 Å². The van der Waals surface area contributed by atoms with Crippen LogP contribution in [0.2, 0.25) is 0 Å². The summed E-state index contributed by atoms with van der Waals surface area (Å²) in [5, 5.41) is 7.81. The van der Waals surface area contributed by atoms with Crippen LogP contribution in [-0.2, 0) is 26.6 Å². The van der Waals surface area contributed by atoms with Crippen LogP contribution in [-0.4, -0.2) is 49.1 Å². The number of sulfone groups is 1. The fourth-order valence-electron chi connectivity index (χ4n) is 3.72. The molecule has 4 rings (SSSR count). The zero-order chi connectivity index (χ0) is 28.0. The van der Waals surface area contributed by atoms with Gasteiger partial charge in [0.25, 0.3) is 5.89 Å². The van der Waals surface area contributed by atoms with Crippen molar-refractivity contribution in [2.45, 2.75) is 49.8 Å². The molecule has 2 N–H and O–H groups in total. The molecule has 1 amide bonds. The topological polar surface area (TPSA) is 129 Å². The first kappa shape index (κ1) is 27.5. The highest BCUT2D eigenvalue weighted by Crippen LogP contribution is 2.37. The monoisotopic (exact) mass is 556 g/mol. The van der Waals surface area contributed by atoms with Gasteiger partial charge in [-0.25, -0.2) is 12.8 Å². The second kappa shape index (κ2) is 9.66. The first-order valence-corrected chi connectivity index (χ1v) is 13.0. The average Bonchev–Trinajstić information content (AvgIpc) is 3.29. The molecule has 2 heterocycles. The number of hydrogen-bond donors (Lipinski definition) is 1. The van der Waals surface area contributed by atoms with Gasteiger partial charge >= 0.3 is 6.18 Å². The summed E-state index contributed by atoms with van der Waals surface area (Å²) in [5.41, 5.74) is 5.41. The Morgan fingerprint density at radius 3 is 2.37 bits per heavy atom. The summed E-state index contributed by atoms with van der Waals surface area (Å²) in [4.78, 5) is 13.8. The lowest BCUT2D eigenvalue weighted by molar-refractivity contribution is -0.153. The average molecular weight is 557 g/mol. The zero-order valence-electron chi connectivity index (χ0n) is 20.5. The number of carbonyl (C=O) groups is 1. The van der Waals surface area contributed by atoms with Crippen molar-refractivity contribution in [2.24, 2.45) is 5.73 Å². The third-order valence-electron chi connectivity index (χ3n) is 5.62. The molecule has 0 fully saturated rings. The minimum atomic E-state index is -4.51. The number of nitrogens with zero attached hydrogens (tertiary/aromatic N) is 3. The quantitative estimate of drug-likeness (QED) is 0.471. The highest BCUT2D eigenvalue weighted by Gasteiger charge is 2.38. The molecule has 9 nitrogen and oxygen atoms in total. The summed E-state index contributed by atoms with van der Waals surface area (Å²) in [6.45, 7) is 3.75. The van der Waals surface area contributed by atoms with E-state index in [1.807, 2.05) is 20.8 Å². The van der Waals surface area contributed by atoms with E-state index >= 15 is 4.39 Å². The molecule has 0 aliphatic carbocycles. The van der Waals surface area contributed by atoms with Crippen LogP contribution in [0.4, 0.5) is 23.2 Å². The predicted molar refractivity (Wildman–Crippen MR) is 128 cm³/mol. The lowest BCUT2D eigenvalue weighted by Crippen LogP contribution is -2.45. The Morgan fingerprint density at radius 1 is 1.13 bits per heavy atom. The summed E-state index contributed by atoms with van der Waals surface area (Å²) in [7, 11) is -4.17. The molecular weight excluding hydrogens is 532 g/mol. The van der Waals surface area contributed by atoms with Gasteiger partial charge < -0.3 is 19.8 Å². The van der Waals surface area contributed by atoms with E-state index in [9.17, 15) is 26.4 Å². The molecule has 1 aliphatic heterocycles. The molecule has 38 heavy (non-hydrogen) atoms. The van der Waals surface area contributed by atoms with Crippen LogP contribution in [0, 0.1) is 5.82 Å². The third kappa shape index (κ3) is 5.80. The van der Waals surface area contributed by atoms with Crippen LogP contribution in [0.5, 0.6) is 5.75 Å². The number of anilines is 1. The van der Waals surface area contributed by atoms with Gasteiger partial charge in [0.05, 0.1) is 34.5 Å². The predicted octanol–water partition coefficient (Wildman–Crippen LogP) is 3.76. The van der Waals surface area contributed by atoms with E-state index in [2.05, 4.69) is 10.2 Å². The maximum Gasteiger partial charge on any atom is 0.422 e. The zero-order valence-corrected chi connectivity index (χ0v) is 21.4. The van der Waals surface area contributed by atoms with Gasteiger partial charge in [-0.05, 0) is 29.8 Å². The van der Waals surface area contributed by atoms with Gasteiger partial charge in [0, 0.05) is 5.41 Å². The lowest BCUT2D eigenvalue weighted by atomic mass is 9.97. The first-order chi connectivity index (χ1) is 17.5. The second-order valence-electron chi connectivity index (χ2n) is 9.82. The maximum atomic E-state index is 15.2. The van der Waals surface area contributed by atoms with Crippen LogP contribution >= 0.6 is 0 Å². The van der Waals surface area contributed by atoms with E-state index < -0.39 is 56.5 Å². The Bertz CT molecular complexity index is 1460. The summed E-state index contributed by atoms with van der Waals surface area (Å²) in [6.07, 6.45) is -4.51. The van der Waals surface area contributed by atoms with Gasteiger partial charge in [0.2, 0.25) is 11.8 Å². The number of alkyl halides is 3. The Balaban J connectivity index is 1.76. The Morgan fingerprint density at radius 2 is 1.79 bits per heavy atom. The number of fused-ring (bicyclic) bond motifs is 1. The van der Waals surface area contributed by atoms with Crippen LogP contribution in [0.25, 0.3) is 11.5 Å². The minimum absolute atomic E-state index is 0.0525. The normalized spacial score (nSPS) is 17.7. The molecule has 1 atom stereocenters. The first-order valence-electron chi connectivity index (χ1n) is 11.3. The molecule has 0 radical (unpaired) electrons. The number of rotatable bonds is 5. The van der Waals surface area contributed by atoms with Gasteiger partial charge in [-0.2, -0.15) is 13.2 Å². The highest BCUT2D eigenvalue weighted by molar-refractivity contribution is 7.91. The molecule has 14 heteroatoms. The van der Waals surface area contributed by atoms with Gasteiger partial charge in [0.1, 0.15) is 11.6 Å². The number of nitrogens with two attached hydrogens (primary N) is 1. The number of halogens is 4. The van der Waals surface area contributed by atoms with E-state index in [0.717, 1.165) is 17.0 Å². The van der Waals surface area contributed by atoms with Crippen molar-refractivity contribution in [3.63, 3.8) is 0 Å². The fraction of sp³-hybridized carbons (Fsp3) is 0.375. The molecule has 0 saturated carbocycles. The summed E-state index contributed by atoms with van der Waals surface area (Å²) >= 11 is 0. The van der Waals surface area contributed by atoms with Crippen molar-refractivity contribution in [3.8, 4) is 17.2 Å². The van der Waals surface area contributed by atoms with E-state index in [1.165, 1.54) is 24.3 Å². The van der Waals surface area contributed by atoms with Crippen molar-refractivity contribution in [1.82, 2.24) is 10.2 Å². The van der Waals surface area contributed by atoms with Crippen LogP contribution < -0.4 is 15.4 Å². The minimum Gasteiger partial charge on any atom is -0.484 e. The number of amides is 1. The van der Waals surface area contributed by atoms with Gasteiger partial charge in [-0.3, -0.25) is 4.79 Å². The van der Waals surface area contributed by atoms with Gasteiger partial charge in [-0.15, -0.1) is 10.2 Å². The van der Waals surface area contributed by atoms with Crippen LogP contribution in [0.15, 0.2) is 45.7 Å². The number of ether oxygens (including phenoxy) is 1. The SMILES string of the molecule is CC(C)(C)c1nnc(-c2cc3c(cc2F)S(=O)(=O)C[C@H](N)C(=O)N3Cc2ccc(OCC(F)(F)F)cc2)o1. The smallest absolute Gasteiger partial charge is 0.422 e. The van der Waals surface area contributed by atoms with Gasteiger partial charge in [0.15, 0.2) is 16.4 Å². The summed E-state index contributed by atoms with van der Waals surface area (Å²) < 4.78 is 88.7. The van der Waals surface area contributed by atoms with E-state index in [0.29, 0.717) is 5.56 Å². The van der Waals surface area contributed by atoms with E-state index in [-0.39, 0.29) is 35.3 Å². The summed E-state index contributed by atoms with van der Waals surface area (Å²) in [5.74, 6) is -2.48. The van der Waals surface area contributed by atoms with Crippen molar-refractivity contribution < 1.29 is 39.9 Å². The molecule has 204 valence electrons. The molecule has 0 saturated heterocycles. The molecule has 3 aromatic rings. The molecule has 0 bridgehead atoms. The second-order valence-corrected chi connectivity index (χ2v) is 11.8. The Kier molecular flexibility index (Phi) is 6.99. The van der Waals surface area contributed by atoms with Gasteiger partial charge in [-0.1, -0.05) is 32.9 Å². The highest BCUT2D eigenvalue weighted by atomic mass is 32.2. The largest absolute Gasteiger partial charge is 0.484 e. The van der Waals surface area contributed by atoms with Crippen molar-refractivity contribution in [1.29, 1.82) is 0 Å². The molecular formula is C24H24F4N4O5S.